The van der Waals surface area contributed by atoms with Crippen molar-refractivity contribution in [1.29, 1.82) is 0 Å². The summed E-state index contributed by atoms with van der Waals surface area (Å²) in [6.45, 7) is 1.41. The van der Waals surface area contributed by atoms with E-state index in [-0.39, 0.29) is 47.7 Å². The van der Waals surface area contributed by atoms with Crippen molar-refractivity contribution in [2.75, 3.05) is 38.3 Å². The minimum absolute atomic E-state index is 0.0151. The molecule has 23 heavy (non-hydrogen) atoms. The van der Waals surface area contributed by atoms with E-state index < -0.39 is 9.84 Å². The van der Waals surface area contributed by atoms with E-state index >= 15 is 0 Å². The Morgan fingerprint density at radius 1 is 1.35 bits per heavy atom. The fraction of sp³-hybridized carbons (Fsp3) is 0.867. The molecule has 0 radical (unpaired) electrons. The second kappa shape index (κ2) is 6.39. The van der Waals surface area contributed by atoms with Gasteiger partial charge < -0.3 is 14.5 Å². The van der Waals surface area contributed by atoms with Gasteiger partial charge in [0.1, 0.15) is 0 Å². The maximum atomic E-state index is 12.7. The van der Waals surface area contributed by atoms with Gasteiger partial charge in [0, 0.05) is 38.7 Å². The third-order valence-electron chi connectivity index (χ3n) is 4.96. The van der Waals surface area contributed by atoms with Crippen LogP contribution in [0, 0.1) is 5.92 Å². The SMILES string of the molecule is COCCN(C(=O)[C@H]1CC(=O)N([C@H]2CCS(=O)(=O)C2)C1)C1CC1. The molecule has 0 bridgehead atoms. The number of carbonyl (C=O) groups excluding carboxylic acids is 2. The summed E-state index contributed by atoms with van der Waals surface area (Å²) in [6, 6.07) is 0.0345. The molecule has 3 fully saturated rings. The average Bonchev–Trinajstić information content (AvgIpc) is 3.16. The molecule has 0 aromatic carbocycles. The van der Waals surface area contributed by atoms with Gasteiger partial charge >= 0.3 is 0 Å². The highest BCUT2D eigenvalue weighted by Gasteiger charge is 2.44. The highest BCUT2D eigenvalue weighted by Crippen LogP contribution is 2.32. The number of hydrogen-bond donors (Lipinski definition) is 0. The third kappa shape index (κ3) is 3.68. The van der Waals surface area contributed by atoms with Crippen LogP contribution in [0.5, 0.6) is 0 Å². The van der Waals surface area contributed by atoms with Gasteiger partial charge in [-0.05, 0) is 19.3 Å². The summed E-state index contributed by atoms with van der Waals surface area (Å²) in [5.41, 5.74) is 0. The lowest BCUT2D eigenvalue weighted by molar-refractivity contribution is -0.137. The molecule has 8 heteroatoms. The normalized spacial score (nSPS) is 30.0. The van der Waals surface area contributed by atoms with Gasteiger partial charge in [0.05, 0.1) is 24.0 Å². The van der Waals surface area contributed by atoms with Gasteiger partial charge in [-0.2, -0.15) is 0 Å². The predicted molar refractivity (Wildman–Crippen MR) is 83.5 cm³/mol. The minimum atomic E-state index is -3.03. The molecule has 0 unspecified atom stereocenters. The number of likely N-dealkylation sites (tertiary alicyclic amines) is 1. The van der Waals surface area contributed by atoms with E-state index in [9.17, 15) is 18.0 Å². The van der Waals surface area contributed by atoms with E-state index in [0.29, 0.717) is 26.1 Å². The summed E-state index contributed by atoms with van der Waals surface area (Å²) < 4.78 is 28.3. The molecule has 2 heterocycles. The molecule has 3 aliphatic rings. The molecule has 130 valence electrons. The van der Waals surface area contributed by atoms with Crippen LogP contribution >= 0.6 is 0 Å². The maximum absolute atomic E-state index is 12.7. The van der Waals surface area contributed by atoms with E-state index in [1.807, 2.05) is 4.90 Å². The van der Waals surface area contributed by atoms with E-state index in [1.54, 1.807) is 12.0 Å². The molecular weight excluding hydrogens is 320 g/mol. The van der Waals surface area contributed by atoms with Crippen molar-refractivity contribution in [1.82, 2.24) is 9.80 Å². The Labute approximate surface area is 136 Å². The number of amides is 2. The lowest BCUT2D eigenvalue weighted by Gasteiger charge is -2.26. The van der Waals surface area contributed by atoms with Crippen LogP contribution in [0.2, 0.25) is 0 Å². The molecular formula is C15H24N2O5S. The van der Waals surface area contributed by atoms with Crippen LogP contribution in [0.1, 0.15) is 25.7 Å². The summed E-state index contributed by atoms with van der Waals surface area (Å²) in [7, 11) is -1.42. The quantitative estimate of drug-likeness (QED) is 0.658. The van der Waals surface area contributed by atoms with Crippen LogP contribution in [0.3, 0.4) is 0 Å². The standard InChI is InChI=1S/C15H24N2O5S/c1-22-6-5-16(12-2-3-12)15(19)11-8-14(18)17(9-11)13-4-7-23(20,21)10-13/h11-13H,2-10H2,1H3/t11-,13-/m0/s1. The van der Waals surface area contributed by atoms with E-state index in [0.717, 1.165) is 12.8 Å². The first-order valence-corrected chi connectivity index (χ1v) is 10.0. The van der Waals surface area contributed by atoms with Crippen molar-refractivity contribution < 1.29 is 22.7 Å². The molecule has 1 saturated carbocycles. The third-order valence-corrected chi connectivity index (χ3v) is 6.71. The topological polar surface area (TPSA) is 84.0 Å². The average molecular weight is 344 g/mol. The Bertz CT molecular complexity index is 587. The van der Waals surface area contributed by atoms with E-state index in [2.05, 4.69) is 0 Å². The van der Waals surface area contributed by atoms with Gasteiger partial charge in [-0.1, -0.05) is 0 Å². The van der Waals surface area contributed by atoms with Crippen LogP contribution in [0.15, 0.2) is 0 Å². The summed E-state index contributed by atoms with van der Waals surface area (Å²) in [5, 5.41) is 0. The number of nitrogens with zero attached hydrogens (tertiary/aromatic N) is 2. The smallest absolute Gasteiger partial charge is 0.228 e. The zero-order chi connectivity index (χ0) is 16.6. The molecule has 2 saturated heterocycles. The summed E-state index contributed by atoms with van der Waals surface area (Å²) in [5.74, 6) is -0.241. The minimum Gasteiger partial charge on any atom is -0.383 e. The molecule has 1 aliphatic carbocycles. The van der Waals surface area contributed by atoms with Crippen molar-refractivity contribution in [3.8, 4) is 0 Å². The monoisotopic (exact) mass is 344 g/mol. The number of hydrogen-bond acceptors (Lipinski definition) is 5. The highest BCUT2D eigenvalue weighted by atomic mass is 32.2. The first-order chi connectivity index (χ1) is 10.9. The van der Waals surface area contributed by atoms with Crippen molar-refractivity contribution in [3.05, 3.63) is 0 Å². The van der Waals surface area contributed by atoms with Crippen LogP contribution in [0.4, 0.5) is 0 Å². The summed E-state index contributed by atoms with van der Waals surface area (Å²) in [4.78, 5) is 28.4. The number of sulfone groups is 1. The molecule has 2 amide bonds. The Morgan fingerprint density at radius 2 is 2.09 bits per heavy atom. The fourth-order valence-corrected chi connectivity index (χ4v) is 5.28. The fourth-order valence-electron chi connectivity index (χ4n) is 3.55. The Morgan fingerprint density at radius 3 is 2.65 bits per heavy atom. The van der Waals surface area contributed by atoms with E-state index in [4.69, 9.17) is 4.74 Å². The Kier molecular flexibility index (Phi) is 4.64. The van der Waals surface area contributed by atoms with Crippen molar-refractivity contribution >= 4 is 21.7 Å². The van der Waals surface area contributed by atoms with Gasteiger partial charge in [0.15, 0.2) is 9.84 Å². The Hall–Kier alpha value is -1.15. The van der Waals surface area contributed by atoms with Crippen molar-refractivity contribution in [3.63, 3.8) is 0 Å². The van der Waals surface area contributed by atoms with Gasteiger partial charge in [-0.3, -0.25) is 9.59 Å². The van der Waals surface area contributed by atoms with Gasteiger partial charge in [0.2, 0.25) is 11.8 Å². The Balaban J connectivity index is 1.63. The molecule has 2 aliphatic heterocycles. The molecule has 0 N–H and O–H groups in total. The number of carbonyl (C=O) groups is 2. The zero-order valence-electron chi connectivity index (χ0n) is 13.4. The maximum Gasteiger partial charge on any atom is 0.228 e. The van der Waals surface area contributed by atoms with Gasteiger partial charge in [-0.25, -0.2) is 8.42 Å². The largest absolute Gasteiger partial charge is 0.383 e. The molecule has 0 aromatic rings. The second-order valence-corrected chi connectivity index (χ2v) is 8.99. The molecule has 3 rings (SSSR count). The first kappa shape index (κ1) is 16.7. The molecule has 0 aromatic heterocycles. The summed E-state index contributed by atoms with van der Waals surface area (Å²) >= 11 is 0. The van der Waals surface area contributed by atoms with Gasteiger partial charge in [-0.15, -0.1) is 0 Å². The molecule has 7 nitrogen and oxygen atoms in total. The second-order valence-electron chi connectivity index (χ2n) is 6.76. The predicted octanol–water partition coefficient (Wildman–Crippen LogP) is -0.341. The first-order valence-electron chi connectivity index (χ1n) is 8.20. The highest BCUT2D eigenvalue weighted by molar-refractivity contribution is 7.91. The van der Waals surface area contributed by atoms with Crippen molar-refractivity contribution in [2.24, 2.45) is 5.92 Å². The number of methoxy groups -OCH3 is 1. The lowest BCUT2D eigenvalue weighted by Crippen LogP contribution is -2.42. The van der Waals surface area contributed by atoms with Crippen LogP contribution < -0.4 is 0 Å². The lowest BCUT2D eigenvalue weighted by atomic mass is 10.1. The zero-order valence-corrected chi connectivity index (χ0v) is 14.3. The number of rotatable bonds is 6. The van der Waals surface area contributed by atoms with Crippen molar-refractivity contribution in [2.45, 2.75) is 37.8 Å². The summed E-state index contributed by atoms with van der Waals surface area (Å²) in [6.07, 6.45) is 2.72. The van der Waals surface area contributed by atoms with Crippen LogP contribution in [0.25, 0.3) is 0 Å². The number of ether oxygens (including phenoxy) is 1. The molecule has 2 atom stereocenters. The van der Waals surface area contributed by atoms with E-state index in [1.165, 1.54) is 0 Å². The molecule has 0 spiro atoms. The van der Waals surface area contributed by atoms with Gasteiger partial charge in [0.25, 0.3) is 0 Å². The van der Waals surface area contributed by atoms with Crippen LogP contribution in [-0.4, -0.2) is 80.4 Å². The van der Waals surface area contributed by atoms with Crippen LogP contribution in [-0.2, 0) is 24.2 Å².